The van der Waals surface area contributed by atoms with Gasteiger partial charge in [-0.15, -0.1) is 13.2 Å². The molecule has 126 valence electrons. The summed E-state index contributed by atoms with van der Waals surface area (Å²) in [5, 5.41) is 0. The molecule has 0 aromatic heterocycles. The summed E-state index contributed by atoms with van der Waals surface area (Å²) < 4.78 is 21.0. The fourth-order valence-corrected chi connectivity index (χ4v) is 1.80. The molecule has 0 heterocycles. The molecule has 0 aliphatic rings. The molecule has 0 atom stereocenters. The van der Waals surface area contributed by atoms with Crippen molar-refractivity contribution in [2.75, 3.05) is 46.2 Å². The van der Waals surface area contributed by atoms with Crippen molar-refractivity contribution in [1.82, 2.24) is 0 Å². The molecule has 0 bridgehead atoms. The first-order valence-electron chi connectivity index (χ1n) is 7.56. The summed E-state index contributed by atoms with van der Waals surface area (Å²) in [6, 6.07) is 0. The van der Waals surface area contributed by atoms with Gasteiger partial charge in [-0.2, -0.15) is 0 Å². The predicted molar refractivity (Wildman–Crippen MR) is 92.4 cm³/mol. The molecule has 21 heavy (non-hydrogen) atoms. The molecule has 0 aliphatic carbocycles. The van der Waals surface area contributed by atoms with Crippen LogP contribution in [0.5, 0.6) is 0 Å². The average molecular weight is 319 g/mol. The highest BCUT2D eigenvalue weighted by atomic mass is 28.4. The molecule has 0 spiro atoms. The van der Waals surface area contributed by atoms with E-state index in [0.717, 1.165) is 13.0 Å². The molecular formula is C16H34O4Si. The third-order valence-corrected chi connectivity index (χ3v) is 3.02. The van der Waals surface area contributed by atoms with E-state index in [0.29, 0.717) is 39.6 Å². The van der Waals surface area contributed by atoms with Gasteiger partial charge in [-0.3, -0.25) is 0 Å². The first-order chi connectivity index (χ1) is 9.97. The van der Waals surface area contributed by atoms with Gasteiger partial charge in [-0.1, -0.05) is 19.1 Å². The predicted octanol–water partition coefficient (Wildman–Crippen LogP) is 3.66. The van der Waals surface area contributed by atoms with E-state index in [1.54, 1.807) is 12.2 Å². The molecule has 0 saturated heterocycles. The minimum absolute atomic E-state index is 0.620. The largest absolute Gasteiger partial charge is 0.415 e. The molecule has 0 amide bonds. The second kappa shape index (κ2) is 17.6. The van der Waals surface area contributed by atoms with E-state index in [1.165, 1.54) is 0 Å². The molecule has 0 aliphatic heterocycles. The van der Waals surface area contributed by atoms with Crippen LogP contribution in [0.3, 0.4) is 0 Å². The monoisotopic (exact) mass is 318 g/mol. The molecule has 4 nitrogen and oxygen atoms in total. The van der Waals surface area contributed by atoms with E-state index in [-0.39, 0.29) is 0 Å². The Hall–Kier alpha value is -0.463. The molecule has 0 aromatic rings. The lowest BCUT2D eigenvalue weighted by Gasteiger charge is -2.16. The summed E-state index contributed by atoms with van der Waals surface area (Å²) in [7, 11) is -1.32. The quantitative estimate of drug-likeness (QED) is 0.295. The SMILES string of the molecule is C=CCOCCOCCC.C=CCOCCO[Si](C)(C)C. The van der Waals surface area contributed by atoms with E-state index in [9.17, 15) is 0 Å². The minimum Gasteiger partial charge on any atom is -0.415 e. The fourth-order valence-electron chi connectivity index (χ4n) is 1.10. The number of ether oxygens (including phenoxy) is 3. The van der Waals surface area contributed by atoms with Crippen LogP contribution in [0.4, 0.5) is 0 Å². The van der Waals surface area contributed by atoms with Crippen molar-refractivity contribution in [1.29, 1.82) is 0 Å². The van der Waals surface area contributed by atoms with Gasteiger partial charge in [0.05, 0.1) is 39.6 Å². The Morgan fingerprint density at radius 1 is 0.762 bits per heavy atom. The molecule has 0 radical (unpaired) electrons. The van der Waals surface area contributed by atoms with Gasteiger partial charge in [0.1, 0.15) is 0 Å². The average Bonchev–Trinajstić information content (AvgIpc) is 2.42. The Labute approximate surface area is 132 Å². The van der Waals surface area contributed by atoms with Gasteiger partial charge in [0.25, 0.3) is 0 Å². The Balaban J connectivity index is 0. The fraction of sp³-hybridized carbons (Fsp3) is 0.750. The second-order valence-corrected chi connectivity index (χ2v) is 9.81. The molecule has 0 aromatic carbocycles. The van der Waals surface area contributed by atoms with Gasteiger partial charge >= 0.3 is 0 Å². The zero-order valence-electron chi connectivity index (χ0n) is 14.4. The van der Waals surface area contributed by atoms with E-state index in [4.69, 9.17) is 18.6 Å². The highest BCUT2D eigenvalue weighted by Gasteiger charge is 2.12. The molecule has 0 rings (SSSR count). The van der Waals surface area contributed by atoms with E-state index in [2.05, 4.69) is 39.7 Å². The third kappa shape index (κ3) is 28.4. The summed E-state index contributed by atoms with van der Waals surface area (Å²) in [6.07, 6.45) is 4.55. The summed E-state index contributed by atoms with van der Waals surface area (Å²) in [4.78, 5) is 0. The van der Waals surface area contributed by atoms with Crippen LogP contribution in [0.25, 0.3) is 0 Å². The smallest absolute Gasteiger partial charge is 0.183 e. The Morgan fingerprint density at radius 2 is 1.24 bits per heavy atom. The number of hydrogen-bond donors (Lipinski definition) is 0. The van der Waals surface area contributed by atoms with Crippen molar-refractivity contribution in [3.63, 3.8) is 0 Å². The van der Waals surface area contributed by atoms with Crippen molar-refractivity contribution >= 4 is 8.32 Å². The van der Waals surface area contributed by atoms with Gasteiger partial charge in [0, 0.05) is 6.61 Å². The molecule has 0 unspecified atom stereocenters. The third-order valence-electron chi connectivity index (χ3n) is 1.95. The normalized spacial score (nSPS) is 10.7. The Morgan fingerprint density at radius 3 is 1.67 bits per heavy atom. The summed E-state index contributed by atoms with van der Waals surface area (Å²) in [5.41, 5.74) is 0. The van der Waals surface area contributed by atoms with Gasteiger partial charge in [0.15, 0.2) is 8.32 Å². The van der Waals surface area contributed by atoms with Gasteiger partial charge in [0.2, 0.25) is 0 Å². The van der Waals surface area contributed by atoms with Crippen LogP contribution in [0, 0.1) is 0 Å². The van der Waals surface area contributed by atoms with Crippen molar-refractivity contribution in [2.24, 2.45) is 0 Å². The van der Waals surface area contributed by atoms with Crippen molar-refractivity contribution in [2.45, 2.75) is 33.0 Å². The molecule has 0 N–H and O–H groups in total. The Bertz CT molecular complexity index is 227. The highest BCUT2D eigenvalue weighted by molar-refractivity contribution is 6.69. The van der Waals surface area contributed by atoms with E-state index in [1.807, 2.05) is 0 Å². The lowest BCUT2D eigenvalue weighted by atomic mass is 10.5. The maximum atomic E-state index is 5.56. The second-order valence-electron chi connectivity index (χ2n) is 5.30. The molecule has 0 fully saturated rings. The van der Waals surface area contributed by atoms with Crippen LogP contribution in [0.15, 0.2) is 25.3 Å². The van der Waals surface area contributed by atoms with E-state index >= 15 is 0 Å². The van der Waals surface area contributed by atoms with Crippen LogP contribution in [0.1, 0.15) is 13.3 Å². The van der Waals surface area contributed by atoms with Crippen molar-refractivity contribution in [3.05, 3.63) is 25.3 Å². The summed E-state index contributed by atoms with van der Waals surface area (Å²) >= 11 is 0. The minimum atomic E-state index is -1.32. The topological polar surface area (TPSA) is 36.9 Å². The Kier molecular flexibility index (Phi) is 19.1. The van der Waals surface area contributed by atoms with Crippen molar-refractivity contribution < 1.29 is 18.6 Å². The first-order valence-corrected chi connectivity index (χ1v) is 11.0. The van der Waals surface area contributed by atoms with Gasteiger partial charge in [-0.05, 0) is 26.1 Å². The van der Waals surface area contributed by atoms with Crippen LogP contribution in [-0.4, -0.2) is 54.6 Å². The lowest BCUT2D eigenvalue weighted by Crippen LogP contribution is -2.27. The van der Waals surface area contributed by atoms with Gasteiger partial charge < -0.3 is 18.6 Å². The summed E-state index contributed by atoms with van der Waals surface area (Å²) in [6.45, 7) is 20.5. The maximum Gasteiger partial charge on any atom is 0.183 e. The standard InChI is InChI=1S/C8H18O2Si.C8H16O2/c1-5-6-9-7-8-10-11(2,3)4;1-3-5-9-7-8-10-6-4-2/h5H,1,6-8H2,2-4H3;3H,1,4-8H2,2H3. The van der Waals surface area contributed by atoms with Crippen molar-refractivity contribution in [3.8, 4) is 0 Å². The highest BCUT2D eigenvalue weighted by Crippen LogP contribution is 2.01. The molecular weight excluding hydrogens is 284 g/mol. The van der Waals surface area contributed by atoms with Crippen LogP contribution in [-0.2, 0) is 18.6 Å². The van der Waals surface area contributed by atoms with E-state index < -0.39 is 8.32 Å². The number of rotatable bonds is 13. The summed E-state index contributed by atoms with van der Waals surface area (Å²) in [5.74, 6) is 0. The maximum absolute atomic E-state index is 5.56. The van der Waals surface area contributed by atoms with Gasteiger partial charge in [-0.25, -0.2) is 0 Å². The zero-order chi connectivity index (χ0) is 16.4. The van der Waals surface area contributed by atoms with Crippen LogP contribution in [0.2, 0.25) is 19.6 Å². The molecule has 0 saturated carbocycles. The van der Waals surface area contributed by atoms with Crippen LogP contribution >= 0.6 is 0 Å². The molecule has 5 heteroatoms. The van der Waals surface area contributed by atoms with Crippen LogP contribution < -0.4 is 0 Å². The number of hydrogen-bond acceptors (Lipinski definition) is 4. The zero-order valence-corrected chi connectivity index (χ0v) is 15.4. The lowest BCUT2D eigenvalue weighted by molar-refractivity contribution is 0.0588. The first kappa shape index (κ1) is 22.8.